The van der Waals surface area contributed by atoms with E-state index in [1.807, 2.05) is 12.1 Å². The molecule has 3 aromatic carbocycles. The molecule has 2 aliphatic heterocycles. The van der Waals surface area contributed by atoms with Gasteiger partial charge in [0.1, 0.15) is 47.1 Å². The number of rotatable bonds is 3. The van der Waals surface area contributed by atoms with Crippen molar-refractivity contribution in [1.82, 2.24) is 15.0 Å². The lowest BCUT2D eigenvalue weighted by Gasteiger charge is -2.11. The maximum Gasteiger partial charge on any atom is 0.416 e. The lowest BCUT2D eigenvalue weighted by molar-refractivity contribution is -0.137. The molecule has 0 bridgehead atoms. The van der Waals surface area contributed by atoms with Gasteiger partial charge in [-0.3, -0.25) is 0 Å². The Kier molecular flexibility index (Phi) is 7.24. The summed E-state index contributed by atoms with van der Waals surface area (Å²) >= 11 is 0. The van der Waals surface area contributed by atoms with Crippen molar-refractivity contribution in [3.8, 4) is 70.6 Å². The Morgan fingerprint density at radius 3 is 1.31 bits per heavy atom. The topological polar surface area (TPSA) is 231 Å². The summed E-state index contributed by atoms with van der Waals surface area (Å²) in [7, 11) is 0. The highest BCUT2D eigenvalue weighted by molar-refractivity contribution is 5.72. The minimum absolute atomic E-state index is 0.0341. The number of allylic oxidation sites excluding steroid dienone is 2. The van der Waals surface area contributed by atoms with Crippen molar-refractivity contribution < 1.29 is 13.2 Å². The van der Waals surface area contributed by atoms with E-state index < -0.39 is 11.7 Å². The molecule has 222 valence electrons. The molecule has 6 rings (SSSR count). The largest absolute Gasteiger partial charge is 0.416 e. The number of hydrogen-bond donors (Lipinski definition) is 0. The van der Waals surface area contributed by atoms with Crippen molar-refractivity contribution in [2.45, 2.75) is 6.18 Å². The van der Waals surface area contributed by atoms with E-state index in [4.69, 9.17) is 0 Å². The zero-order chi connectivity index (χ0) is 34.2. The average Bonchev–Trinajstić information content (AvgIpc) is 3.73. The Balaban J connectivity index is 1.64. The molecule has 0 fully saturated rings. The number of alkyl halides is 3. The summed E-state index contributed by atoms with van der Waals surface area (Å²) in [6.45, 7) is 0. The van der Waals surface area contributed by atoms with Crippen molar-refractivity contribution in [3.05, 3.63) is 109 Å². The molecule has 16 heteroatoms. The normalized spacial score (nSPS) is 12.1. The molecule has 0 saturated heterocycles. The molecule has 1 aromatic heterocycles. The summed E-state index contributed by atoms with van der Waals surface area (Å²) in [6, 6.07) is 20.6. The summed E-state index contributed by atoms with van der Waals surface area (Å²) < 4.78 is 39.9. The number of fused-ring (bicyclic) bond motifs is 2. The smallest absolute Gasteiger partial charge is 0.225 e. The fourth-order valence-electron chi connectivity index (χ4n) is 4.68. The van der Waals surface area contributed by atoms with Gasteiger partial charge in [-0.1, -0.05) is 12.1 Å². The van der Waals surface area contributed by atoms with E-state index in [1.54, 1.807) is 24.3 Å². The van der Waals surface area contributed by atoms with E-state index in [9.17, 15) is 44.7 Å². The third-order valence-electron chi connectivity index (χ3n) is 6.91. The van der Waals surface area contributed by atoms with E-state index in [2.05, 4.69) is 34.9 Å². The molecule has 13 nitrogen and oxygen atoms in total. The fourth-order valence-corrected chi connectivity index (χ4v) is 4.68. The Hall–Kier alpha value is -7.92. The van der Waals surface area contributed by atoms with Gasteiger partial charge in [-0.05, 0) is 36.4 Å². The van der Waals surface area contributed by atoms with Crippen LogP contribution in [0.5, 0.6) is 0 Å². The Morgan fingerprint density at radius 1 is 0.521 bits per heavy atom. The zero-order valence-electron chi connectivity index (χ0n) is 23.6. The lowest BCUT2D eigenvalue weighted by Crippen LogP contribution is -2.26. The highest BCUT2D eigenvalue weighted by atomic mass is 19.4. The van der Waals surface area contributed by atoms with Crippen LogP contribution in [0.15, 0.2) is 91.3 Å². The van der Waals surface area contributed by atoms with Crippen molar-refractivity contribution in [2.75, 3.05) is 0 Å². The quantitative estimate of drug-likeness (QED) is 0.302. The van der Waals surface area contributed by atoms with Crippen LogP contribution >= 0.6 is 0 Å². The van der Waals surface area contributed by atoms with Crippen LogP contribution in [0.2, 0.25) is 0 Å². The highest BCUT2D eigenvalue weighted by Gasteiger charge is 2.30. The van der Waals surface area contributed by atoms with Crippen LogP contribution < -0.4 is 21.4 Å². The third kappa shape index (κ3) is 5.02. The summed E-state index contributed by atoms with van der Waals surface area (Å²) in [6.07, 6.45) is -4.61. The van der Waals surface area contributed by atoms with E-state index in [0.29, 0.717) is 0 Å². The molecule has 4 aromatic rings. The van der Waals surface area contributed by atoms with Crippen molar-refractivity contribution in [3.63, 3.8) is 0 Å². The Labute approximate surface area is 265 Å². The number of nitriles is 6. The first kappa shape index (κ1) is 30.1. The van der Waals surface area contributed by atoms with Gasteiger partial charge < -0.3 is 0 Å². The van der Waals surface area contributed by atoms with Gasteiger partial charge in [-0.2, -0.15) is 44.7 Å². The average molecular weight is 632 g/mol. The maximum atomic E-state index is 13.3. The fraction of sp³-hybridized carbons (Fsp3) is 0.0312. The number of nitrogens with zero attached hydrogens (tertiary/aromatic N) is 13. The van der Waals surface area contributed by atoms with Crippen LogP contribution in [0.3, 0.4) is 0 Å². The molecule has 0 radical (unpaired) electrons. The molecule has 0 unspecified atom stereocenters. The van der Waals surface area contributed by atoms with Gasteiger partial charge in [0, 0.05) is 16.7 Å². The maximum absolute atomic E-state index is 13.3. The van der Waals surface area contributed by atoms with Crippen molar-refractivity contribution >= 4 is 0 Å². The minimum Gasteiger partial charge on any atom is -0.225 e. The number of hydrogen-bond acceptors (Lipinski definition) is 13. The van der Waals surface area contributed by atoms with Crippen LogP contribution in [-0.2, 0) is 6.18 Å². The predicted octanol–water partition coefficient (Wildman–Crippen LogP) is 2.66. The first-order chi connectivity index (χ1) is 23.1. The van der Waals surface area contributed by atoms with Gasteiger partial charge >= 0.3 is 6.18 Å². The van der Waals surface area contributed by atoms with Gasteiger partial charge in [0.05, 0.1) is 27.4 Å². The van der Waals surface area contributed by atoms with Crippen LogP contribution in [0.25, 0.3) is 34.2 Å². The number of aromatic nitrogens is 3. The van der Waals surface area contributed by atoms with Crippen molar-refractivity contribution in [1.29, 1.82) is 31.6 Å². The first-order valence-electron chi connectivity index (χ1n) is 13.2. The molecular formula is C32H8F3N13. The highest BCUT2D eigenvalue weighted by Crippen LogP contribution is 2.32. The molecule has 0 atom stereocenters. The molecular weight excluding hydrogens is 623 g/mol. The summed E-state index contributed by atoms with van der Waals surface area (Å²) in [5.74, 6) is -0.771. The van der Waals surface area contributed by atoms with E-state index >= 15 is 0 Å². The third-order valence-corrected chi connectivity index (χ3v) is 6.91. The zero-order valence-corrected chi connectivity index (χ0v) is 23.6. The summed E-state index contributed by atoms with van der Waals surface area (Å²) in [5, 5.41) is 57.8. The SMILES string of the molecule is N#CC(C#N)=C1N=c2ccc(-c3nc(-c4ccc(C(F)(F)F)cc4)nc(-c4ccc5c(c4C#N)=NC(=C(C#N)C#N)N=5)n3)c(C#N)c2=N1. The predicted molar refractivity (Wildman–Crippen MR) is 152 cm³/mol. The van der Waals surface area contributed by atoms with Gasteiger partial charge in [0.2, 0.25) is 0 Å². The van der Waals surface area contributed by atoms with Crippen LogP contribution in [0, 0.1) is 68.0 Å². The monoisotopic (exact) mass is 631 g/mol. The van der Waals surface area contributed by atoms with E-state index in [0.717, 1.165) is 24.3 Å². The van der Waals surface area contributed by atoms with Gasteiger partial charge in [-0.25, -0.2) is 34.9 Å². The second-order valence-corrected chi connectivity index (χ2v) is 9.61. The molecule has 0 aliphatic carbocycles. The molecule has 3 heterocycles. The van der Waals surface area contributed by atoms with Gasteiger partial charge in [0.15, 0.2) is 40.3 Å². The number of benzene rings is 3. The molecule has 0 amide bonds. The van der Waals surface area contributed by atoms with E-state index in [-0.39, 0.29) is 89.5 Å². The Bertz CT molecular complexity index is 2530. The van der Waals surface area contributed by atoms with Gasteiger partial charge in [-0.15, -0.1) is 0 Å². The van der Waals surface area contributed by atoms with Gasteiger partial charge in [0.25, 0.3) is 0 Å². The molecule has 2 aliphatic rings. The molecule has 0 spiro atoms. The summed E-state index contributed by atoms with van der Waals surface area (Å²) in [5.41, 5.74) is -1.51. The lowest BCUT2D eigenvalue weighted by atomic mass is 10.0. The molecule has 0 saturated carbocycles. The second-order valence-electron chi connectivity index (χ2n) is 9.61. The molecule has 48 heavy (non-hydrogen) atoms. The first-order valence-corrected chi connectivity index (χ1v) is 13.2. The molecule has 0 N–H and O–H groups in total. The van der Waals surface area contributed by atoms with Crippen molar-refractivity contribution in [2.24, 2.45) is 20.0 Å². The summed E-state index contributed by atoms with van der Waals surface area (Å²) in [4.78, 5) is 30.1. The standard InChI is InChI=1S/C32H8F3N13/c33-32(34,35)18-3-1-15(2-4-18)27-46-30(19-5-7-23-25(21(19)13-40)44-28(42-23)16(9-36)10-37)48-31(47-27)20-6-8-24-26(22(20)14-41)45-29(43-24)17(11-38)12-39/h1-8H. The van der Waals surface area contributed by atoms with E-state index in [1.165, 1.54) is 24.3 Å². The Morgan fingerprint density at radius 2 is 0.938 bits per heavy atom. The number of halogens is 3. The van der Waals surface area contributed by atoms with Crippen LogP contribution in [0.1, 0.15) is 16.7 Å². The minimum atomic E-state index is -4.61. The van der Waals surface area contributed by atoms with Crippen LogP contribution in [0.4, 0.5) is 13.2 Å². The second kappa shape index (κ2) is 11.5. The van der Waals surface area contributed by atoms with Crippen LogP contribution in [-0.4, -0.2) is 15.0 Å².